The van der Waals surface area contributed by atoms with Crippen LogP contribution in [-0.2, 0) is 0 Å². The molecule has 0 atom stereocenters. The summed E-state index contributed by atoms with van der Waals surface area (Å²) < 4.78 is 1.37. The fraction of sp³-hybridized carbons (Fsp3) is 0. The Hall–Kier alpha value is -2.09. The van der Waals surface area contributed by atoms with E-state index in [1.165, 1.54) is 42.4 Å². The van der Waals surface area contributed by atoms with Crippen LogP contribution < -0.4 is 0 Å². The quantitative estimate of drug-likeness (QED) is 0.213. The van der Waals surface area contributed by atoms with Gasteiger partial charge in [0.1, 0.15) is 0 Å². The van der Waals surface area contributed by atoms with Gasteiger partial charge in [-0.05, 0) is 68.0 Å². The smallest absolute Gasteiger partial charge is 0.0421 e. The van der Waals surface area contributed by atoms with Gasteiger partial charge in [0.05, 0.1) is 0 Å². The van der Waals surface area contributed by atoms with Gasteiger partial charge in [-0.3, -0.25) is 0 Å². The normalized spacial score (nSPS) is 11.9. The Morgan fingerprint density at radius 1 is 0.591 bits per heavy atom. The van der Waals surface area contributed by atoms with Crippen molar-refractivity contribution in [2.24, 2.45) is 0 Å². The molecule has 22 heavy (non-hydrogen) atoms. The molecule has 0 bridgehead atoms. The van der Waals surface area contributed by atoms with Gasteiger partial charge in [0.2, 0.25) is 0 Å². The number of fused-ring (bicyclic) bond motifs is 6. The summed E-state index contributed by atoms with van der Waals surface area (Å²) in [6.45, 7) is 0. The van der Waals surface area contributed by atoms with E-state index >= 15 is 0 Å². The Labute approximate surface area is 136 Å². The van der Waals surface area contributed by atoms with E-state index in [-0.39, 0.29) is 0 Å². The van der Waals surface area contributed by atoms with Gasteiger partial charge in [0.15, 0.2) is 0 Å². The van der Waals surface area contributed by atoms with Gasteiger partial charge < -0.3 is 0 Å². The molecule has 0 aliphatic rings. The van der Waals surface area contributed by atoms with Gasteiger partial charge in [0.25, 0.3) is 0 Å². The fourth-order valence-electron chi connectivity index (χ4n) is 3.29. The first-order valence-corrected chi connectivity index (χ1v) is 8.47. The van der Waals surface area contributed by atoms with Crippen molar-refractivity contribution in [1.29, 1.82) is 0 Å². The minimum atomic E-state index is 0.785. The second-order valence-electron chi connectivity index (χ2n) is 5.63. The van der Waals surface area contributed by atoms with E-state index in [9.17, 15) is 0 Å². The second kappa shape index (κ2) is 4.45. The molecule has 0 nitrogen and oxygen atoms in total. The topological polar surface area (TPSA) is 0 Å². The molecule has 0 aliphatic carbocycles. The summed E-state index contributed by atoms with van der Waals surface area (Å²) in [6, 6.07) is 21.7. The summed E-state index contributed by atoms with van der Waals surface area (Å²) in [7, 11) is 0. The van der Waals surface area contributed by atoms with Crippen LogP contribution in [0.5, 0.6) is 0 Å². The van der Waals surface area contributed by atoms with Crippen molar-refractivity contribution in [1.82, 2.24) is 0 Å². The first kappa shape index (κ1) is 12.5. The highest BCUT2D eigenvalue weighted by Gasteiger charge is 2.07. The van der Waals surface area contributed by atoms with Crippen molar-refractivity contribution >= 4 is 65.3 Å². The molecule has 4 aromatic carbocycles. The van der Waals surface area contributed by atoms with Crippen LogP contribution in [0, 0.1) is 0 Å². The van der Waals surface area contributed by atoms with Crippen LogP contribution in [0.3, 0.4) is 0 Å². The van der Waals surface area contributed by atoms with Crippen molar-refractivity contribution in [2.75, 3.05) is 0 Å². The van der Waals surface area contributed by atoms with E-state index in [2.05, 4.69) is 53.9 Å². The molecule has 5 rings (SSSR count). The van der Waals surface area contributed by atoms with Crippen LogP contribution in [0.2, 0.25) is 5.02 Å². The number of halogens is 1. The zero-order valence-corrected chi connectivity index (χ0v) is 13.2. The van der Waals surface area contributed by atoms with Crippen LogP contribution in [-0.4, -0.2) is 0 Å². The highest BCUT2D eigenvalue weighted by molar-refractivity contribution is 7.18. The molecular weight excluding hydrogens is 308 g/mol. The van der Waals surface area contributed by atoms with E-state index in [0.29, 0.717) is 0 Å². The monoisotopic (exact) mass is 318 g/mol. The molecular formula is C20H11ClS. The lowest BCUT2D eigenvalue weighted by Crippen LogP contribution is -1.80. The Bertz CT molecular complexity index is 1180. The van der Waals surface area contributed by atoms with Gasteiger partial charge in [-0.25, -0.2) is 0 Å². The highest BCUT2D eigenvalue weighted by Crippen LogP contribution is 2.35. The SMILES string of the molecule is Clc1ccc2cc3c(ccc4c3ccc3ccsc34)cc2c1. The molecule has 0 N–H and O–H groups in total. The lowest BCUT2D eigenvalue weighted by Gasteiger charge is -2.07. The first-order chi connectivity index (χ1) is 10.8. The van der Waals surface area contributed by atoms with Crippen LogP contribution >= 0.6 is 22.9 Å². The summed E-state index contributed by atoms with van der Waals surface area (Å²) >= 11 is 7.93. The maximum Gasteiger partial charge on any atom is 0.0421 e. The molecule has 104 valence electrons. The van der Waals surface area contributed by atoms with Gasteiger partial charge in [0, 0.05) is 15.1 Å². The van der Waals surface area contributed by atoms with E-state index < -0.39 is 0 Å². The molecule has 0 saturated carbocycles. The lowest BCUT2D eigenvalue weighted by atomic mass is 9.98. The maximum atomic E-state index is 6.12. The Morgan fingerprint density at radius 3 is 2.36 bits per heavy atom. The Morgan fingerprint density at radius 2 is 1.41 bits per heavy atom. The molecule has 0 saturated heterocycles. The zero-order valence-electron chi connectivity index (χ0n) is 11.6. The van der Waals surface area contributed by atoms with Crippen molar-refractivity contribution in [2.45, 2.75) is 0 Å². The highest BCUT2D eigenvalue weighted by atomic mass is 35.5. The van der Waals surface area contributed by atoms with Crippen molar-refractivity contribution < 1.29 is 0 Å². The van der Waals surface area contributed by atoms with E-state index in [1.807, 2.05) is 23.5 Å². The van der Waals surface area contributed by atoms with Crippen molar-refractivity contribution in [3.05, 3.63) is 71.1 Å². The largest absolute Gasteiger partial charge is 0.143 e. The first-order valence-electron chi connectivity index (χ1n) is 7.21. The number of hydrogen-bond acceptors (Lipinski definition) is 1. The summed E-state index contributed by atoms with van der Waals surface area (Å²) in [5.41, 5.74) is 0. The Kier molecular flexibility index (Phi) is 2.52. The predicted octanol–water partition coefficient (Wildman–Crippen LogP) is 7.01. The third-order valence-electron chi connectivity index (χ3n) is 4.35. The zero-order chi connectivity index (χ0) is 14.7. The van der Waals surface area contributed by atoms with Gasteiger partial charge in [-0.1, -0.05) is 41.9 Å². The maximum absolute atomic E-state index is 6.12. The molecule has 0 aliphatic heterocycles. The molecule has 0 amide bonds. The predicted molar refractivity (Wildman–Crippen MR) is 99.4 cm³/mol. The second-order valence-corrected chi connectivity index (χ2v) is 6.98. The molecule has 0 fully saturated rings. The van der Waals surface area contributed by atoms with Crippen LogP contribution in [0.4, 0.5) is 0 Å². The number of hydrogen-bond donors (Lipinski definition) is 0. The average molecular weight is 319 g/mol. The van der Waals surface area contributed by atoms with E-state index in [1.54, 1.807) is 0 Å². The molecule has 0 unspecified atom stereocenters. The molecule has 0 radical (unpaired) electrons. The summed E-state index contributed by atoms with van der Waals surface area (Å²) in [4.78, 5) is 0. The minimum Gasteiger partial charge on any atom is -0.143 e. The van der Waals surface area contributed by atoms with Crippen LogP contribution in [0.15, 0.2) is 66.0 Å². The number of thiophene rings is 1. The molecule has 0 spiro atoms. The summed E-state index contributed by atoms with van der Waals surface area (Å²) in [5.74, 6) is 0. The number of rotatable bonds is 0. The van der Waals surface area contributed by atoms with Crippen LogP contribution in [0.1, 0.15) is 0 Å². The molecule has 2 heteroatoms. The summed E-state index contributed by atoms with van der Waals surface area (Å²) in [5, 5.41) is 11.9. The van der Waals surface area contributed by atoms with Gasteiger partial charge >= 0.3 is 0 Å². The standard InChI is InChI=1S/C20H11ClS/c21-16-4-1-13-11-19-14(9-15(13)10-16)3-6-18-17(19)5-2-12-7-8-22-20(12)18/h1-11H. The molecule has 5 aromatic rings. The summed E-state index contributed by atoms with van der Waals surface area (Å²) in [6.07, 6.45) is 0. The van der Waals surface area contributed by atoms with Crippen LogP contribution in [0.25, 0.3) is 42.4 Å². The van der Waals surface area contributed by atoms with E-state index in [0.717, 1.165) is 5.02 Å². The van der Waals surface area contributed by atoms with Crippen molar-refractivity contribution in [3.8, 4) is 0 Å². The third kappa shape index (κ3) is 1.70. The number of benzene rings is 4. The van der Waals surface area contributed by atoms with Crippen molar-refractivity contribution in [3.63, 3.8) is 0 Å². The average Bonchev–Trinajstić information content (AvgIpc) is 3.01. The van der Waals surface area contributed by atoms with Gasteiger partial charge in [-0.2, -0.15) is 0 Å². The minimum absolute atomic E-state index is 0.785. The van der Waals surface area contributed by atoms with E-state index in [4.69, 9.17) is 11.6 Å². The lowest BCUT2D eigenvalue weighted by molar-refractivity contribution is 1.79. The Balaban J connectivity index is 2.00. The third-order valence-corrected chi connectivity index (χ3v) is 5.55. The fourth-order valence-corrected chi connectivity index (χ4v) is 4.39. The van der Waals surface area contributed by atoms with Gasteiger partial charge in [-0.15, -0.1) is 11.3 Å². The molecule has 1 aromatic heterocycles. The molecule has 1 heterocycles.